The van der Waals surface area contributed by atoms with Crippen LogP contribution in [0.15, 0.2) is 42.7 Å². The molecule has 0 fully saturated rings. The van der Waals surface area contributed by atoms with E-state index in [1.165, 1.54) is 25.1 Å². The van der Waals surface area contributed by atoms with Crippen LogP contribution in [-0.2, 0) is 14.3 Å². The molecule has 0 radical (unpaired) electrons. The minimum absolute atomic E-state index is 0.0514. The van der Waals surface area contributed by atoms with Crippen molar-refractivity contribution in [2.45, 2.75) is 19.4 Å². The zero-order chi connectivity index (χ0) is 17.4. The summed E-state index contributed by atoms with van der Waals surface area (Å²) in [6.07, 6.45) is 2.21. The van der Waals surface area contributed by atoms with Crippen molar-refractivity contribution in [2.75, 3.05) is 17.2 Å². The molecule has 0 spiro atoms. The van der Waals surface area contributed by atoms with Crippen molar-refractivity contribution < 1.29 is 18.7 Å². The molecule has 0 aliphatic heterocycles. The maximum absolute atomic E-state index is 13.1. The lowest BCUT2D eigenvalue weighted by molar-refractivity contribution is -0.152. The Hall–Kier alpha value is -3.03. The minimum Gasteiger partial charge on any atom is -0.452 e. The van der Waals surface area contributed by atoms with Gasteiger partial charge in [-0.2, -0.15) is 0 Å². The average molecular weight is 332 g/mol. The molecule has 0 bridgehead atoms. The molecule has 1 unspecified atom stereocenters. The summed E-state index contributed by atoms with van der Waals surface area (Å²) in [6.45, 7) is 1.72. The van der Waals surface area contributed by atoms with Crippen LogP contribution in [0.2, 0.25) is 0 Å². The van der Waals surface area contributed by atoms with Crippen LogP contribution < -0.4 is 10.6 Å². The third kappa shape index (κ3) is 5.64. The van der Waals surface area contributed by atoms with E-state index in [9.17, 15) is 14.0 Å². The fourth-order valence-corrected chi connectivity index (χ4v) is 1.79. The molecule has 2 aromatic rings. The van der Waals surface area contributed by atoms with E-state index in [1.54, 1.807) is 24.5 Å². The highest BCUT2D eigenvalue weighted by Crippen LogP contribution is 2.10. The Balaban J connectivity index is 1.73. The maximum Gasteiger partial charge on any atom is 0.308 e. The number of esters is 1. The van der Waals surface area contributed by atoms with E-state index in [0.717, 1.165) is 0 Å². The van der Waals surface area contributed by atoms with E-state index in [-0.39, 0.29) is 13.0 Å². The van der Waals surface area contributed by atoms with Crippen molar-refractivity contribution in [1.82, 2.24) is 9.97 Å². The number of halogens is 1. The number of ether oxygens (including phenoxy) is 1. The first-order valence-corrected chi connectivity index (χ1v) is 7.31. The number of nitrogens with zero attached hydrogens (tertiary/aromatic N) is 2. The smallest absolute Gasteiger partial charge is 0.308 e. The molecule has 2 N–H and O–H groups in total. The second-order valence-electron chi connectivity index (χ2n) is 4.88. The monoisotopic (exact) mass is 332 g/mol. The van der Waals surface area contributed by atoms with Gasteiger partial charge in [0.25, 0.3) is 5.91 Å². The van der Waals surface area contributed by atoms with E-state index in [2.05, 4.69) is 20.6 Å². The van der Waals surface area contributed by atoms with Gasteiger partial charge in [-0.15, -0.1) is 0 Å². The summed E-state index contributed by atoms with van der Waals surface area (Å²) in [6, 6.07) is 7.13. The second-order valence-corrected chi connectivity index (χ2v) is 4.88. The molecule has 24 heavy (non-hydrogen) atoms. The van der Waals surface area contributed by atoms with Gasteiger partial charge < -0.3 is 15.4 Å². The maximum atomic E-state index is 13.1. The largest absolute Gasteiger partial charge is 0.452 e. The standard InChI is InChI=1S/C16H17FN4O3/c1-11(15(23)21-13-5-2-4-12(17)10-13)24-14(22)6-9-20-16-18-7-3-8-19-16/h2-5,7-8,10-11H,6,9H2,1H3,(H,21,23)(H,18,19,20). The Morgan fingerprint density at radius 3 is 2.71 bits per heavy atom. The van der Waals surface area contributed by atoms with Crippen molar-refractivity contribution in [1.29, 1.82) is 0 Å². The van der Waals surface area contributed by atoms with Gasteiger partial charge in [0.15, 0.2) is 6.10 Å². The fourth-order valence-electron chi connectivity index (χ4n) is 1.79. The number of carbonyl (C=O) groups excluding carboxylic acids is 2. The first-order chi connectivity index (χ1) is 11.5. The van der Waals surface area contributed by atoms with E-state index in [1.807, 2.05) is 0 Å². The molecule has 0 aliphatic carbocycles. The van der Waals surface area contributed by atoms with E-state index < -0.39 is 23.8 Å². The minimum atomic E-state index is -0.992. The molecule has 7 nitrogen and oxygen atoms in total. The van der Waals surface area contributed by atoms with Crippen molar-refractivity contribution >= 4 is 23.5 Å². The number of nitrogens with one attached hydrogen (secondary N) is 2. The van der Waals surface area contributed by atoms with Gasteiger partial charge in [-0.3, -0.25) is 9.59 Å². The number of carbonyl (C=O) groups is 2. The van der Waals surface area contributed by atoms with Crippen LogP contribution in [0.4, 0.5) is 16.0 Å². The number of anilines is 2. The molecule has 0 saturated carbocycles. The summed E-state index contributed by atoms with van der Waals surface area (Å²) in [5, 5.41) is 5.34. The molecule has 0 aliphatic rings. The summed E-state index contributed by atoms with van der Waals surface area (Å²) >= 11 is 0. The van der Waals surface area contributed by atoms with Gasteiger partial charge in [0.2, 0.25) is 5.95 Å². The number of benzene rings is 1. The lowest BCUT2D eigenvalue weighted by atomic mass is 10.3. The molecule has 8 heteroatoms. The summed E-state index contributed by atoms with van der Waals surface area (Å²) in [4.78, 5) is 31.5. The van der Waals surface area contributed by atoms with Crippen LogP contribution >= 0.6 is 0 Å². The number of hydrogen-bond acceptors (Lipinski definition) is 6. The zero-order valence-electron chi connectivity index (χ0n) is 13.0. The highest BCUT2D eigenvalue weighted by atomic mass is 19.1. The molecule has 126 valence electrons. The molecule has 2 rings (SSSR count). The average Bonchev–Trinajstić information content (AvgIpc) is 2.55. The van der Waals surface area contributed by atoms with Crippen molar-refractivity contribution in [3.05, 3.63) is 48.5 Å². The third-order valence-electron chi connectivity index (χ3n) is 2.95. The first kappa shape index (κ1) is 17.3. The summed E-state index contributed by atoms with van der Waals surface area (Å²) in [7, 11) is 0. The topological polar surface area (TPSA) is 93.2 Å². The van der Waals surface area contributed by atoms with Gasteiger partial charge in [-0.1, -0.05) is 6.07 Å². The molecular formula is C16H17FN4O3. The molecular weight excluding hydrogens is 315 g/mol. The Bertz CT molecular complexity index is 697. The van der Waals surface area contributed by atoms with Crippen molar-refractivity contribution in [2.24, 2.45) is 0 Å². The highest BCUT2D eigenvalue weighted by Gasteiger charge is 2.17. The van der Waals surface area contributed by atoms with Gasteiger partial charge >= 0.3 is 5.97 Å². The molecule has 1 atom stereocenters. The van der Waals surface area contributed by atoms with Crippen LogP contribution in [0, 0.1) is 5.82 Å². The SMILES string of the molecule is CC(OC(=O)CCNc1ncccn1)C(=O)Nc1cccc(F)c1. The Kier molecular flexibility index (Phi) is 6.18. The number of aromatic nitrogens is 2. The van der Waals surface area contributed by atoms with Gasteiger partial charge in [-0.25, -0.2) is 14.4 Å². The number of rotatable bonds is 7. The van der Waals surface area contributed by atoms with E-state index in [4.69, 9.17) is 4.74 Å². The predicted octanol–water partition coefficient (Wildman–Crippen LogP) is 1.99. The summed E-state index contributed by atoms with van der Waals surface area (Å²) < 4.78 is 18.1. The lowest BCUT2D eigenvalue weighted by Gasteiger charge is -2.13. The fraction of sp³-hybridized carbons (Fsp3) is 0.250. The Labute approximate surface area is 138 Å². The summed E-state index contributed by atoms with van der Waals surface area (Å²) in [5.74, 6) is -1.14. The van der Waals surface area contributed by atoms with Crippen LogP contribution in [0.25, 0.3) is 0 Å². The van der Waals surface area contributed by atoms with E-state index >= 15 is 0 Å². The third-order valence-corrected chi connectivity index (χ3v) is 2.95. The van der Waals surface area contributed by atoms with Gasteiger partial charge in [0.1, 0.15) is 5.82 Å². The van der Waals surface area contributed by atoms with Crippen molar-refractivity contribution in [3.63, 3.8) is 0 Å². The normalized spacial score (nSPS) is 11.4. The zero-order valence-corrected chi connectivity index (χ0v) is 13.0. The van der Waals surface area contributed by atoms with E-state index in [0.29, 0.717) is 11.6 Å². The summed E-state index contributed by atoms with van der Waals surface area (Å²) in [5.41, 5.74) is 0.297. The lowest BCUT2D eigenvalue weighted by Crippen LogP contribution is -2.30. The Morgan fingerprint density at radius 1 is 1.25 bits per heavy atom. The second kappa shape index (κ2) is 8.56. The Morgan fingerprint density at radius 2 is 2.00 bits per heavy atom. The highest BCUT2D eigenvalue weighted by molar-refractivity contribution is 5.95. The molecule has 1 aromatic heterocycles. The first-order valence-electron chi connectivity index (χ1n) is 7.31. The van der Waals surface area contributed by atoms with Crippen LogP contribution in [0.3, 0.4) is 0 Å². The molecule has 1 amide bonds. The molecule has 0 saturated heterocycles. The van der Waals surface area contributed by atoms with Crippen LogP contribution in [0.5, 0.6) is 0 Å². The van der Waals surface area contributed by atoms with Crippen LogP contribution in [0.1, 0.15) is 13.3 Å². The predicted molar refractivity (Wildman–Crippen MR) is 85.7 cm³/mol. The van der Waals surface area contributed by atoms with Gasteiger partial charge in [-0.05, 0) is 31.2 Å². The molecule has 1 heterocycles. The van der Waals surface area contributed by atoms with Crippen LogP contribution in [-0.4, -0.2) is 34.5 Å². The quantitative estimate of drug-likeness (QED) is 0.753. The number of hydrogen-bond donors (Lipinski definition) is 2. The number of amides is 1. The molecule has 1 aromatic carbocycles. The van der Waals surface area contributed by atoms with Gasteiger partial charge in [0, 0.05) is 24.6 Å². The van der Waals surface area contributed by atoms with Gasteiger partial charge in [0.05, 0.1) is 6.42 Å². The van der Waals surface area contributed by atoms with Crippen molar-refractivity contribution in [3.8, 4) is 0 Å².